The summed E-state index contributed by atoms with van der Waals surface area (Å²) in [4.78, 5) is 56.0. The molecule has 392 valence electrons. The summed E-state index contributed by atoms with van der Waals surface area (Å²) in [6, 6.07) is -3.35. The van der Waals surface area contributed by atoms with Gasteiger partial charge in [-0.15, -0.1) is 8.58 Å². The number of amides is 4. The normalized spacial score (nSPS) is 30.4. The molecule has 0 aromatic carbocycles. The molecule has 0 bridgehead atoms. The predicted molar refractivity (Wildman–Crippen MR) is 259 cm³/mol. The topological polar surface area (TPSA) is 244 Å². The molecule has 12 unspecified atom stereocenters. The third-order valence-corrected chi connectivity index (χ3v) is 18.7. The number of aliphatic hydroxyl groups is 4. The van der Waals surface area contributed by atoms with Crippen molar-refractivity contribution >= 4 is 41.1 Å². The smallest absolute Gasteiger partial charge is 0.410 e. The van der Waals surface area contributed by atoms with Crippen molar-refractivity contribution in [3.63, 3.8) is 0 Å². The number of allylic oxidation sites excluding steroid dienone is 2. The van der Waals surface area contributed by atoms with Crippen molar-refractivity contribution in [2.45, 2.75) is 205 Å². The third-order valence-electron chi connectivity index (χ3n) is 13.0. The minimum atomic E-state index is -1.92. The summed E-state index contributed by atoms with van der Waals surface area (Å²) < 4.78 is 42.2. The van der Waals surface area contributed by atoms with Crippen LogP contribution < -0.4 is 10.6 Å². The van der Waals surface area contributed by atoms with Crippen LogP contribution in [0, 0.1) is 11.8 Å². The van der Waals surface area contributed by atoms with E-state index in [-0.39, 0.29) is 24.5 Å². The van der Waals surface area contributed by atoms with E-state index >= 15 is 0 Å². The number of likely N-dealkylation sites (tertiary alicyclic amines) is 1. The van der Waals surface area contributed by atoms with E-state index in [9.17, 15) is 39.6 Å². The number of ether oxygens (including phenoxy) is 6. The van der Waals surface area contributed by atoms with Gasteiger partial charge in [0.1, 0.15) is 46.8 Å². The van der Waals surface area contributed by atoms with Crippen LogP contribution in [0.15, 0.2) is 11.8 Å². The zero-order chi connectivity index (χ0) is 51.5. The van der Waals surface area contributed by atoms with Crippen LogP contribution in [0.25, 0.3) is 0 Å². The molecule has 4 amide bonds. The molecule has 0 aromatic heterocycles. The summed E-state index contributed by atoms with van der Waals surface area (Å²) >= 11 is 0. The van der Waals surface area contributed by atoms with Gasteiger partial charge < -0.3 is 73.7 Å². The first-order chi connectivity index (χ1) is 31.0. The van der Waals surface area contributed by atoms with Gasteiger partial charge in [-0.2, -0.15) is 0 Å². The number of aliphatic hydroxyl groups excluding tert-OH is 3. The molecule has 21 heteroatoms. The summed E-state index contributed by atoms with van der Waals surface area (Å²) in [5, 5.41) is 53.3. The van der Waals surface area contributed by atoms with Crippen LogP contribution in [-0.4, -0.2) is 186 Å². The maximum Gasteiger partial charge on any atom is 0.410 e. The summed E-state index contributed by atoms with van der Waals surface area (Å²) in [5.74, 6) is -1.60. The lowest BCUT2D eigenvalue weighted by Gasteiger charge is -2.51. The zero-order valence-electron chi connectivity index (χ0n) is 43.5. The Bertz CT molecular complexity index is 1770. The highest BCUT2D eigenvalue weighted by Crippen LogP contribution is 2.40. The summed E-state index contributed by atoms with van der Waals surface area (Å²) in [6.07, 6.45) is -6.08. The van der Waals surface area contributed by atoms with E-state index in [1.807, 2.05) is 6.08 Å². The molecular weight excluding hydrogens is 920 g/mol. The Morgan fingerprint density at radius 3 is 2.10 bits per heavy atom. The fourth-order valence-electron chi connectivity index (χ4n) is 8.56. The highest BCUT2D eigenvalue weighted by atomic mass is 31.1. The quantitative estimate of drug-likeness (QED) is 0.0591. The third kappa shape index (κ3) is 15.8. The molecule has 68 heavy (non-hydrogen) atoms. The van der Waals surface area contributed by atoms with Crippen LogP contribution in [0.1, 0.15) is 109 Å². The van der Waals surface area contributed by atoms with Crippen LogP contribution in [0.3, 0.4) is 0 Å². The molecule has 2 saturated heterocycles. The average molecular weight is 1010 g/mol. The number of likely N-dealkylation sites (N-methyl/N-ethyl adjacent to an activating group) is 1. The second kappa shape index (κ2) is 22.3. The largest absolute Gasteiger partial charge is 0.494 e. The molecular formula is C47H85N4O15PSi. The van der Waals surface area contributed by atoms with Gasteiger partial charge >= 0.3 is 18.3 Å². The number of rotatable bonds is 14. The van der Waals surface area contributed by atoms with Crippen LogP contribution in [0.5, 0.6) is 0 Å². The Morgan fingerprint density at radius 1 is 0.926 bits per heavy atom. The first-order valence-electron chi connectivity index (χ1n) is 24.0. The molecule has 0 radical (unpaired) electrons. The lowest BCUT2D eigenvalue weighted by Crippen LogP contribution is -2.70. The van der Waals surface area contributed by atoms with Crippen molar-refractivity contribution in [2.24, 2.45) is 11.8 Å². The van der Waals surface area contributed by atoms with Crippen LogP contribution in [0.2, 0.25) is 18.1 Å². The SMILES string of the molecule is CN(C(=O)OC(C)(C)C)C1C(O)C(OC2C(NC(=O)C(O)C3CN(C(=O)OC(C)(C)C)C3)CC(NC(=O)OC(C)(C)C)C(C3CCC=C(CPCCO[Si](C)(C)C(C)(C)C)O3)C2O)OCC1(C)O. The monoisotopic (exact) mass is 1000 g/mol. The van der Waals surface area contributed by atoms with Crippen molar-refractivity contribution in [2.75, 3.05) is 45.7 Å². The number of hydrogen-bond acceptors (Lipinski definition) is 15. The maximum atomic E-state index is 14.0. The van der Waals surface area contributed by atoms with Crippen LogP contribution >= 0.6 is 8.58 Å². The Hall–Kier alpha value is -2.81. The maximum absolute atomic E-state index is 14.0. The summed E-state index contributed by atoms with van der Waals surface area (Å²) in [6.45, 7) is 28.2. The number of alkyl carbamates (subject to hydrolysis) is 1. The molecule has 4 aliphatic rings. The van der Waals surface area contributed by atoms with Gasteiger partial charge in [-0.1, -0.05) is 20.8 Å². The van der Waals surface area contributed by atoms with E-state index in [1.165, 1.54) is 18.9 Å². The van der Waals surface area contributed by atoms with Crippen molar-refractivity contribution in [3.05, 3.63) is 11.8 Å². The zero-order valence-corrected chi connectivity index (χ0v) is 45.5. The van der Waals surface area contributed by atoms with E-state index in [0.717, 1.165) is 16.8 Å². The summed E-state index contributed by atoms with van der Waals surface area (Å²) in [5.41, 5.74) is -4.30. The standard InChI is InChI=1S/C47H85N4O15PSi/c1-43(2,3)64-40(56)49-29-22-30(48-38(55)33(52)27-23-51(24-27)42(58)66-45(7,8)9)36(63-39-35(54)37(47(13,59)26-60-39)50(14)41(57)65-44(4,5)6)34(53)32(29)31-19-17-18-28(62-31)25-67-21-20-61-68(15,16)46(10,11)12/h18,27,29-37,39,52-54,59,67H,17,19-26H2,1-16H3,(H,48,55)(H,49,56). The molecule has 4 rings (SSSR count). The fraction of sp³-hybridized carbons (Fsp3) is 0.872. The Balaban J connectivity index is 1.64. The minimum Gasteiger partial charge on any atom is -0.494 e. The molecule has 6 N–H and O–H groups in total. The molecule has 1 saturated carbocycles. The molecule has 12 atom stereocenters. The van der Waals surface area contributed by atoms with Gasteiger partial charge in [0, 0.05) is 50.8 Å². The summed E-state index contributed by atoms with van der Waals surface area (Å²) in [7, 11) is -0.0410. The van der Waals surface area contributed by atoms with Gasteiger partial charge in [-0.25, -0.2) is 14.4 Å². The molecule has 3 heterocycles. The molecule has 0 spiro atoms. The van der Waals surface area contributed by atoms with E-state index < -0.39 is 128 Å². The van der Waals surface area contributed by atoms with Crippen molar-refractivity contribution < 1.29 is 72.5 Å². The Labute approximate surface area is 406 Å². The van der Waals surface area contributed by atoms with E-state index in [0.29, 0.717) is 34.2 Å². The Kier molecular flexibility index (Phi) is 18.9. The number of carbonyl (C=O) groups is 4. The van der Waals surface area contributed by atoms with Crippen molar-refractivity contribution in [1.82, 2.24) is 20.4 Å². The van der Waals surface area contributed by atoms with E-state index in [1.54, 1.807) is 62.3 Å². The second-order valence-electron chi connectivity index (χ2n) is 23.6. The molecule has 0 aromatic rings. The van der Waals surface area contributed by atoms with Gasteiger partial charge in [-0.3, -0.25) is 4.79 Å². The van der Waals surface area contributed by atoms with Crippen LogP contribution in [-0.2, 0) is 37.6 Å². The number of nitrogens with one attached hydrogen (secondary N) is 2. The van der Waals surface area contributed by atoms with Crippen LogP contribution in [0.4, 0.5) is 14.4 Å². The highest BCUT2D eigenvalue weighted by Gasteiger charge is 2.56. The van der Waals surface area contributed by atoms with Gasteiger partial charge in [0.25, 0.3) is 0 Å². The van der Waals surface area contributed by atoms with E-state index in [4.69, 9.17) is 32.8 Å². The fourth-order valence-corrected chi connectivity index (χ4v) is 10.7. The first-order valence-corrected chi connectivity index (χ1v) is 28.3. The van der Waals surface area contributed by atoms with Gasteiger partial charge in [0.05, 0.1) is 30.6 Å². The van der Waals surface area contributed by atoms with Gasteiger partial charge in [-0.05, 0) is 119 Å². The van der Waals surface area contributed by atoms with Crippen molar-refractivity contribution in [3.8, 4) is 0 Å². The number of nitrogens with zero attached hydrogens (tertiary/aromatic N) is 2. The van der Waals surface area contributed by atoms with E-state index in [2.05, 4.69) is 44.5 Å². The van der Waals surface area contributed by atoms with Gasteiger partial charge in [0.2, 0.25) is 5.91 Å². The van der Waals surface area contributed by atoms with Gasteiger partial charge in [0.15, 0.2) is 14.6 Å². The first kappa shape index (κ1) is 57.8. The van der Waals surface area contributed by atoms with Crippen molar-refractivity contribution in [1.29, 1.82) is 0 Å². The molecule has 1 aliphatic carbocycles. The lowest BCUT2D eigenvalue weighted by atomic mass is 9.73. The minimum absolute atomic E-state index is 0.0509. The molecule has 3 aliphatic heterocycles. The number of hydrogen-bond donors (Lipinski definition) is 6. The number of carbonyl (C=O) groups excluding carboxylic acids is 4. The molecule has 19 nitrogen and oxygen atoms in total. The predicted octanol–water partition coefficient (Wildman–Crippen LogP) is 4.83. The molecule has 3 fully saturated rings. The lowest BCUT2D eigenvalue weighted by molar-refractivity contribution is -0.305. The Morgan fingerprint density at radius 2 is 1.53 bits per heavy atom. The highest BCUT2D eigenvalue weighted by molar-refractivity contribution is 7.38. The second-order valence-corrected chi connectivity index (χ2v) is 29.8. The average Bonchev–Trinajstić information content (AvgIpc) is 3.13.